The van der Waals surface area contributed by atoms with Gasteiger partial charge in [0, 0.05) is 19.2 Å². The first kappa shape index (κ1) is 25.5. The number of amides is 1. The van der Waals surface area contributed by atoms with Gasteiger partial charge in [-0.1, -0.05) is 6.07 Å². The Hall–Kier alpha value is -2.54. The van der Waals surface area contributed by atoms with Gasteiger partial charge in [-0.25, -0.2) is 0 Å². The molecule has 0 aromatic heterocycles. The molecule has 30 heavy (non-hydrogen) atoms. The van der Waals surface area contributed by atoms with Crippen molar-refractivity contribution in [1.82, 2.24) is 9.80 Å². The van der Waals surface area contributed by atoms with E-state index in [2.05, 4.69) is 0 Å². The number of esters is 1. The van der Waals surface area contributed by atoms with Gasteiger partial charge in [0.25, 0.3) is 0 Å². The molecule has 0 spiro atoms. The summed E-state index contributed by atoms with van der Waals surface area (Å²) in [4.78, 5) is 28.4. The second kappa shape index (κ2) is 12.2. The molecule has 0 atom stereocenters. The van der Waals surface area contributed by atoms with E-state index in [9.17, 15) is 9.59 Å². The summed E-state index contributed by atoms with van der Waals surface area (Å²) in [5.41, 5.74) is 0.210. The van der Waals surface area contributed by atoms with Gasteiger partial charge in [-0.15, -0.1) is 0 Å². The Morgan fingerprint density at radius 3 is 2.20 bits per heavy atom. The van der Waals surface area contributed by atoms with Crippen LogP contribution in [0.15, 0.2) is 24.3 Å². The minimum absolute atomic E-state index is 0.0955. The molecule has 0 radical (unpaired) electrons. The van der Waals surface area contributed by atoms with Crippen LogP contribution in [0.4, 0.5) is 0 Å². The zero-order valence-corrected chi connectivity index (χ0v) is 19.4. The van der Waals surface area contributed by atoms with E-state index in [1.54, 1.807) is 26.8 Å². The van der Waals surface area contributed by atoms with Gasteiger partial charge in [-0.2, -0.15) is 0 Å². The lowest BCUT2D eigenvalue weighted by atomic mass is 10.2. The van der Waals surface area contributed by atoms with Crippen molar-refractivity contribution in [2.75, 3.05) is 46.9 Å². The first-order valence-electron chi connectivity index (χ1n) is 10.3. The number of carbonyl (C=O) groups is 2. The van der Waals surface area contributed by atoms with Crippen molar-refractivity contribution in [3.63, 3.8) is 0 Å². The van der Waals surface area contributed by atoms with Crippen LogP contribution >= 0.6 is 0 Å². The fourth-order valence-corrected chi connectivity index (χ4v) is 2.56. The summed E-state index contributed by atoms with van der Waals surface area (Å²) >= 11 is 0. The number of ether oxygens (including phenoxy) is 3. The molecule has 0 aliphatic heterocycles. The smallest absolute Gasteiger partial charge is 0.326 e. The summed E-state index contributed by atoms with van der Waals surface area (Å²) in [7, 11) is 3.84. The van der Waals surface area contributed by atoms with E-state index in [0.29, 0.717) is 37.8 Å². The summed E-state index contributed by atoms with van der Waals surface area (Å²) in [6.07, 6.45) is 3.17. The summed E-state index contributed by atoms with van der Waals surface area (Å²) in [6.45, 7) is 11.2. The molecule has 1 aromatic rings. The molecule has 168 valence electrons. The third-order valence-corrected chi connectivity index (χ3v) is 3.85. The Labute approximate surface area is 180 Å². The summed E-state index contributed by atoms with van der Waals surface area (Å²) in [5.74, 6) is 0.616. The SMILES string of the molecule is CCOc1ccc(/C=C/C(=O)N(CCN(C)C)CC(=O)OC(C)(C)C)cc1OCC. The molecule has 0 aliphatic carbocycles. The zero-order chi connectivity index (χ0) is 22.7. The molecular weight excluding hydrogens is 384 g/mol. The Morgan fingerprint density at radius 1 is 1.00 bits per heavy atom. The first-order chi connectivity index (χ1) is 14.1. The van der Waals surface area contributed by atoms with E-state index in [1.807, 2.05) is 51.0 Å². The van der Waals surface area contributed by atoms with Crippen molar-refractivity contribution >= 4 is 18.0 Å². The van der Waals surface area contributed by atoms with Crippen LogP contribution in [0.3, 0.4) is 0 Å². The fourth-order valence-electron chi connectivity index (χ4n) is 2.56. The highest BCUT2D eigenvalue weighted by atomic mass is 16.6. The van der Waals surface area contributed by atoms with Gasteiger partial charge in [0.2, 0.25) is 5.91 Å². The lowest BCUT2D eigenvalue weighted by Gasteiger charge is -2.25. The van der Waals surface area contributed by atoms with Crippen LogP contribution < -0.4 is 9.47 Å². The average molecular weight is 421 g/mol. The van der Waals surface area contributed by atoms with Crippen LogP contribution in [-0.2, 0) is 14.3 Å². The predicted molar refractivity (Wildman–Crippen MR) is 119 cm³/mol. The molecule has 7 nitrogen and oxygen atoms in total. The van der Waals surface area contributed by atoms with E-state index in [-0.39, 0.29) is 12.5 Å². The summed E-state index contributed by atoms with van der Waals surface area (Å²) < 4.78 is 16.6. The summed E-state index contributed by atoms with van der Waals surface area (Å²) in [5, 5.41) is 0. The molecule has 0 bridgehead atoms. The molecule has 1 aromatic carbocycles. The van der Waals surface area contributed by atoms with Crippen LogP contribution in [-0.4, -0.2) is 74.2 Å². The van der Waals surface area contributed by atoms with Crippen LogP contribution in [0.1, 0.15) is 40.2 Å². The van der Waals surface area contributed by atoms with Gasteiger partial charge >= 0.3 is 5.97 Å². The van der Waals surface area contributed by atoms with Crippen LogP contribution in [0.5, 0.6) is 11.5 Å². The molecule has 0 aliphatic rings. The minimum Gasteiger partial charge on any atom is -0.490 e. The first-order valence-corrected chi connectivity index (χ1v) is 10.3. The number of hydrogen-bond donors (Lipinski definition) is 0. The molecule has 0 saturated heterocycles. The largest absolute Gasteiger partial charge is 0.490 e. The van der Waals surface area contributed by atoms with Crippen LogP contribution in [0.25, 0.3) is 6.08 Å². The zero-order valence-electron chi connectivity index (χ0n) is 19.4. The predicted octanol–water partition coefficient (Wildman–Crippen LogP) is 3.23. The number of likely N-dealkylation sites (N-methyl/N-ethyl adjacent to an activating group) is 1. The van der Waals surface area contributed by atoms with E-state index in [1.165, 1.54) is 11.0 Å². The maximum Gasteiger partial charge on any atom is 0.326 e. The van der Waals surface area contributed by atoms with Crippen molar-refractivity contribution in [2.24, 2.45) is 0 Å². The Bertz CT molecular complexity index is 723. The lowest BCUT2D eigenvalue weighted by molar-refractivity contribution is -0.158. The van der Waals surface area contributed by atoms with E-state index < -0.39 is 11.6 Å². The molecule has 1 amide bonds. The van der Waals surface area contributed by atoms with E-state index >= 15 is 0 Å². The molecule has 0 heterocycles. The normalized spacial score (nSPS) is 11.6. The van der Waals surface area contributed by atoms with Gasteiger partial charge in [0.05, 0.1) is 13.2 Å². The van der Waals surface area contributed by atoms with E-state index in [0.717, 1.165) is 5.56 Å². The van der Waals surface area contributed by atoms with Crippen molar-refractivity contribution in [3.05, 3.63) is 29.8 Å². The van der Waals surface area contributed by atoms with Gasteiger partial charge in [0.15, 0.2) is 11.5 Å². The fraction of sp³-hybridized carbons (Fsp3) is 0.565. The number of hydrogen-bond acceptors (Lipinski definition) is 6. The quantitative estimate of drug-likeness (QED) is 0.404. The van der Waals surface area contributed by atoms with Gasteiger partial charge in [-0.05, 0) is 72.5 Å². The van der Waals surface area contributed by atoms with Crippen molar-refractivity contribution in [3.8, 4) is 11.5 Å². The number of rotatable bonds is 11. The highest BCUT2D eigenvalue weighted by Crippen LogP contribution is 2.29. The second-order valence-electron chi connectivity index (χ2n) is 8.06. The minimum atomic E-state index is -0.596. The van der Waals surface area contributed by atoms with Crippen molar-refractivity contribution in [1.29, 1.82) is 0 Å². The molecule has 0 N–H and O–H groups in total. The molecule has 1 rings (SSSR count). The third kappa shape index (κ3) is 9.78. The van der Waals surface area contributed by atoms with Crippen LogP contribution in [0, 0.1) is 0 Å². The number of carbonyl (C=O) groups excluding carboxylic acids is 2. The van der Waals surface area contributed by atoms with Crippen molar-refractivity contribution in [2.45, 2.75) is 40.2 Å². The third-order valence-electron chi connectivity index (χ3n) is 3.85. The topological polar surface area (TPSA) is 68.3 Å². The molecule has 7 heteroatoms. The lowest BCUT2D eigenvalue weighted by Crippen LogP contribution is -2.41. The maximum absolute atomic E-state index is 12.8. The standard InChI is InChI=1S/C23H36N2O5/c1-8-28-19-12-10-18(16-20(19)29-9-2)11-13-21(26)25(15-14-24(6)7)17-22(27)30-23(3,4)5/h10-13,16H,8-9,14-15,17H2,1-7H3/b13-11+. The van der Waals surface area contributed by atoms with Crippen molar-refractivity contribution < 1.29 is 23.8 Å². The van der Waals surface area contributed by atoms with Crippen LogP contribution in [0.2, 0.25) is 0 Å². The van der Waals surface area contributed by atoms with Gasteiger partial charge in [-0.3, -0.25) is 9.59 Å². The highest BCUT2D eigenvalue weighted by molar-refractivity contribution is 5.93. The Kier molecular flexibility index (Phi) is 10.4. The van der Waals surface area contributed by atoms with Gasteiger partial charge in [0.1, 0.15) is 12.1 Å². The number of benzene rings is 1. The van der Waals surface area contributed by atoms with Gasteiger partial charge < -0.3 is 24.0 Å². The van der Waals surface area contributed by atoms with E-state index in [4.69, 9.17) is 14.2 Å². The molecule has 0 unspecified atom stereocenters. The Morgan fingerprint density at radius 2 is 1.63 bits per heavy atom. The number of nitrogens with zero attached hydrogens (tertiary/aromatic N) is 2. The second-order valence-corrected chi connectivity index (χ2v) is 8.06. The summed E-state index contributed by atoms with van der Waals surface area (Å²) in [6, 6.07) is 5.51. The monoisotopic (exact) mass is 420 g/mol. The average Bonchev–Trinajstić information content (AvgIpc) is 2.63. The molecule has 0 saturated carbocycles. The highest BCUT2D eigenvalue weighted by Gasteiger charge is 2.21. The molecular formula is C23H36N2O5. The maximum atomic E-state index is 12.8. The molecule has 0 fully saturated rings. The Balaban J connectivity index is 2.94.